The summed E-state index contributed by atoms with van der Waals surface area (Å²) in [6, 6.07) is 8.95. The average molecular weight is 314 g/mol. The molecule has 5 heteroatoms. The lowest BCUT2D eigenvalue weighted by atomic mass is 10.1. The maximum atomic E-state index is 14.1. The minimum Gasteiger partial charge on any atom is -0.356 e. The zero-order valence-corrected chi connectivity index (χ0v) is 13.7. The molecule has 1 aliphatic rings. The number of anilines is 1. The summed E-state index contributed by atoms with van der Waals surface area (Å²) in [6.45, 7) is 5.94. The summed E-state index contributed by atoms with van der Waals surface area (Å²) in [6.07, 6.45) is 1.91. The fourth-order valence-electron chi connectivity index (χ4n) is 2.80. The first kappa shape index (κ1) is 15.9. The van der Waals surface area contributed by atoms with Crippen LogP contribution in [0.1, 0.15) is 38.3 Å². The maximum Gasteiger partial charge on any atom is 0.164 e. The lowest BCUT2D eigenvalue weighted by Crippen LogP contribution is -2.40. The van der Waals surface area contributed by atoms with Crippen LogP contribution in [-0.2, 0) is 0 Å². The van der Waals surface area contributed by atoms with Gasteiger partial charge in [-0.05, 0) is 30.9 Å². The second kappa shape index (κ2) is 6.62. The molecule has 2 aromatic rings. The summed E-state index contributed by atoms with van der Waals surface area (Å²) in [5, 5.41) is 0. The van der Waals surface area contributed by atoms with Crippen molar-refractivity contribution in [1.29, 1.82) is 0 Å². The first-order valence-corrected chi connectivity index (χ1v) is 8.19. The van der Waals surface area contributed by atoms with E-state index in [1.54, 1.807) is 12.1 Å². The van der Waals surface area contributed by atoms with Crippen molar-refractivity contribution in [3.8, 4) is 11.4 Å². The average Bonchev–Trinajstić information content (AvgIpc) is 2.55. The monoisotopic (exact) mass is 314 g/mol. The highest BCUT2D eigenvalue weighted by molar-refractivity contribution is 5.59. The molecule has 1 aromatic carbocycles. The Hall–Kier alpha value is -2.01. The Morgan fingerprint density at radius 1 is 1.17 bits per heavy atom. The van der Waals surface area contributed by atoms with Gasteiger partial charge in [-0.3, -0.25) is 0 Å². The van der Waals surface area contributed by atoms with Crippen molar-refractivity contribution in [1.82, 2.24) is 9.97 Å². The topological polar surface area (TPSA) is 55.0 Å². The van der Waals surface area contributed by atoms with E-state index in [4.69, 9.17) is 5.73 Å². The Bertz CT molecular complexity index is 678. The van der Waals surface area contributed by atoms with Crippen LogP contribution in [0.5, 0.6) is 0 Å². The maximum absolute atomic E-state index is 14.1. The van der Waals surface area contributed by atoms with Crippen LogP contribution in [0.25, 0.3) is 11.4 Å². The van der Waals surface area contributed by atoms with E-state index in [1.807, 2.05) is 12.1 Å². The van der Waals surface area contributed by atoms with Gasteiger partial charge in [0.15, 0.2) is 5.82 Å². The fraction of sp³-hybridized carbons (Fsp3) is 0.444. The molecule has 1 saturated heterocycles. The highest BCUT2D eigenvalue weighted by atomic mass is 19.1. The van der Waals surface area contributed by atoms with Gasteiger partial charge in [0.1, 0.15) is 11.6 Å². The number of rotatable bonds is 3. The highest BCUT2D eigenvalue weighted by Crippen LogP contribution is 2.26. The highest BCUT2D eigenvalue weighted by Gasteiger charge is 2.20. The third-order valence-electron chi connectivity index (χ3n) is 4.30. The van der Waals surface area contributed by atoms with E-state index in [-0.39, 0.29) is 17.8 Å². The van der Waals surface area contributed by atoms with Crippen molar-refractivity contribution in [3.63, 3.8) is 0 Å². The normalized spacial score (nSPS) is 16.1. The number of benzene rings is 1. The Kier molecular flexibility index (Phi) is 4.57. The second-order valence-electron chi connectivity index (χ2n) is 6.43. The molecule has 0 unspecified atom stereocenters. The van der Waals surface area contributed by atoms with E-state index in [1.165, 1.54) is 6.07 Å². The molecule has 3 rings (SSSR count). The number of hydrogen-bond donors (Lipinski definition) is 1. The molecular formula is C18H23FN4. The quantitative estimate of drug-likeness (QED) is 0.944. The molecule has 23 heavy (non-hydrogen) atoms. The van der Waals surface area contributed by atoms with Gasteiger partial charge in [0.25, 0.3) is 0 Å². The standard InChI is InChI=1S/C18H23FN4/c1-12(2)16-11-17(23-9-7-13(20)8-10-23)22-18(21-16)14-5-3-4-6-15(14)19/h3-6,11-13H,7-10,20H2,1-2H3. The van der Waals surface area contributed by atoms with Gasteiger partial charge in [0.05, 0.1) is 5.56 Å². The van der Waals surface area contributed by atoms with E-state index in [0.29, 0.717) is 11.4 Å². The van der Waals surface area contributed by atoms with Crippen LogP contribution >= 0.6 is 0 Å². The van der Waals surface area contributed by atoms with E-state index < -0.39 is 0 Å². The largest absolute Gasteiger partial charge is 0.356 e. The van der Waals surface area contributed by atoms with Gasteiger partial charge in [0.2, 0.25) is 0 Å². The van der Waals surface area contributed by atoms with Crippen molar-refractivity contribution in [3.05, 3.63) is 41.8 Å². The smallest absolute Gasteiger partial charge is 0.164 e. The number of hydrogen-bond acceptors (Lipinski definition) is 4. The van der Waals surface area contributed by atoms with Gasteiger partial charge in [0, 0.05) is 30.9 Å². The SMILES string of the molecule is CC(C)c1cc(N2CCC(N)CC2)nc(-c2ccccc2F)n1. The summed E-state index contributed by atoms with van der Waals surface area (Å²) in [7, 11) is 0. The summed E-state index contributed by atoms with van der Waals surface area (Å²) < 4.78 is 14.1. The fourth-order valence-corrected chi connectivity index (χ4v) is 2.80. The second-order valence-corrected chi connectivity index (χ2v) is 6.43. The van der Waals surface area contributed by atoms with E-state index in [2.05, 4.69) is 28.7 Å². The van der Waals surface area contributed by atoms with Crippen LogP contribution in [-0.4, -0.2) is 29.1 Å². The molecule has 122 valence electrons. The van der Waals surface area contributed by atoms with Crippen LogP contribution < -0.4 is 10.6 Å². The lowest BCUT2D eigenvalue weighted by molar-refractivity contribution is 0.498. The third kappa shape index (κ3) is 3.50. The number of halogens is 1. The van der Waals surface area contributed by atoms with Crippen LogP contribution in [0, 0.1) is 5.82 Å². The number of nitrogens with zero attached hydrogens (tertiary/aromatic N) is 3. The Labute approximate surface area is 136 Å². The molecule has 0 radical (unpaired) electrons. The van der Waals surface area contributed by atoms with Gasteiger partial charge in [-0.1, -0.05) is 26.0 Å². The lowest BCUT2D eigenvalue weighted by Gasteiger charge is -2.31. The minimum absolute atomic E-state index is 0.259. The molecule has 0 bridgehead atoms. The predicted octanol–water partition coefficient (Wildman–Crippen LogP) is 3.33. The van der Waals surface area contributed by atoms with Crippen LogP contribution in [0.4, 0.5) is 10.2 Å². The molecule has 1 aliphatic heterocycles. The molecule has 0 spiro atoms. The number of nitrogens with two attached hydrogens (primary N) is 1. The van der Waals surface area contributed by atoms with Crippen molar-refractivity contribution >= 4 is 5.82 Å². The summed E-state index contributed by atoms with van der Waals surface area (Å²) >= 11 is 0. The minimum atomic E-state index is -0.292. The molecule has 0 atom stereocenters. The van der Waals surface area contributed by atoms with Gasteiger partial charge in [-0.15, -0.1) is 0 Å². The van der Waals surface area contributed by atoms with Crippen molar-refractivity contribution < 1.29 is 4.39 Å². The Balaban J connectivity index is 2.02. The summed E-state index contributed by atoms with van der Waals surface area (Å²) in [4.78, 5) is 11.4. The molecule has 1 aromatic heterocycles. The third-order valence-corrected chi connectivity index (χ3v) is 4.30. The van der Waals surface area contributed by atoms with Crippen molar-refractivity contribution in [2.75, 3.05) is 18.0 Å². The molecule has 4 nitrogen and oxygen atoms in total. The van der Waals surface area contributed by atoms with Gasteiger partial charge in [-0.2, -0.15) is 0 Å². The molecule has 2 heterocycles. The van der Waals surface area contributed by atoms with E-state index in [9.17, 15) is 4.39 Å². The molecule has 2 N–H and O–H groups in total. The van der Waals surface area contributed by atoms with Gasteiger partial charge in [-0.25, -0.2) is 14.4 Å². The van der Waals surface area contributed by atoms with Crippen LogP contribution in [0.2, 0.25) is 0 Å². The first-order valence-electron chi connectivity index (χ1n) is 8.19. The Morgan fingerprint density at radius 2 is 1.87 bits per heavy atom. The first-order chi connectivity index (χ1) is 11.0. The number of aromatic nitrogens is 2. The van der Waals surface area contributed by atoms with Gasteiger partial charge >= 0.3 is 0 Å². The molecule has 0 aliphatic carbocycles. The summed E-state index contributed by atoms with van der Waals surface area (Å²) in [5.74, 6) is 1.29. The molecular weight excluding hydrogens is 291 g/mol. The van der Waals surface area contributed by atoms with E-state index in [0.717, 1.165) is 37.4 Å². The molecule has 1 fully saturated rings. The predicted molar refractivity (Wildman–Crippen MR) is 90.9 cm³/mol. The van der Waals surface area contributed by atoms with Crippen LogP contribution in [0.3, 0.4) is 0 Å². The van der Waals surface area contributed by atoms with Crippen molar-refractivity contribution in [2.45, 2.75) is 38.6 Å². The van der Waals surface area contributed by atoms with E-state index >= 15 is 0 Å². The van der Waals surface area contributed by atoms with Crippen molar-refractivity contribution in [2.24, 2.45) is 5.73 Å². The zero-order chi connectivity index (χ0) is 16.4. The summed E-state index contributed by atoms with van der Waals surface area (Å²) in [5.41, 5.74) is 7.37. The number of piperidine rings is 1. The van der Waals surface area contributed by atoms with Crippen LogP contribution in [0.15, 0.2) is 30.3 Å². The molecule has 0 saturated carbocycles. The Morgan fingerprint density at radius 3 is 2.52 bits per heavy atom. The zero-order valence-electron chi connectivity index (χ0n) is 13.7. The van der Waals surface area contributed by atoms with Gasteiger partial charge < -0.3 is 10.6 Å². The molecule has 0 amide bonds.